The topological polar surface area (TPSA) is 35.5 Å². The molecule has 0 heterocycles. The van der Waals surface area contributed by atoms with Crippen molar-refractivity contribution in [2.75, 3.05) is 6.61 Å². The predicted octanol–water partition coefficient (Wildman–Crippen LogP) is 7.51. The molecular formula is C26H36O3. The maximum absolute atomic E-state index is 12.6. The fraction of sp³-hybridized carbons (Fsp3) is 0.500. The van der Waals surface area contributed by atoms with E-state index in [9.17, 15) is 4.79 Å². The number of aryl methyl sites for hydroxylation is 1. The minimum absolute atomic E-state index is 0.377. The molecule has 0 unspecified atom stereocenters. The van der Waals surface area contributed by atoms with E-state index in [4.69, 9.17) is 9.47 Å². The molecule has 3 heteroatoms. The molecule has 0 saturated heterocycles. The van der Waals surface area contributed by atoms with E-state index >= 15 is 0 Å². The standard InChI is InChI=1S/C26H36O3/c1-3-4-5-6-7-8-9-10-11-16-21-28-25-20-15-13-18-23(25)26(27)29-24-19-14-12-17-22(24)2/h12-15,17-20H,3-11,16,21H2,1-2H3. The predicted molar refractivity (Wildman–Crippen MR) is 120 cm³/mol. The first-order valence-electron chi connectivity index (χ1n) is 11.2. The van der Waals surface area contributed by atoms with Crippen LogP contribution in [0.5, 0.6) is 11.5 Å². The second-order valence-electron chi connectivity index (χ2n) is 7.68. The van der Waals surface area contributed by atoms with Crippen LogP contribution in [0.1, 0.15) is 87.1 Å². The summed E-state index contributed by atoms with van der Waals surface area (Å²) in [7, 11) is 0. The van der Waals surface area contributed by atoms with Crippen molar-refractivity contribution >= 4 is 5.97 Å². The van der Waals surface area contributed by atoms with Gasteiger partial charge >= 0.3 is 5.97 Å². The minimum Gasteiger partial charge on any atom is -0.493 e. The molecular weight excluding hydrogens is 360 g/mol. The SMILES string of the molecule is CCCCCCCCCCCCOc1ccccc1C(=O)Oc1ccccc1C. The van der Waals surface area contributed by atoms with Gasteiger partial charge in [-0.15, -0.1) is 0 Å². The van der Waals surface area contributed by atoms with Gasteiger partial charge in [0.25, 0.3) is 0 Å². The van der Waals surface area contributed by atoms with Crippen molar-refractivity contribution in [3.8, 4) is 11.5 Å². The van der Waals surface area contributed by atoms with Gasteiger partial charge in [0, 0.05) is 0 Å². The molecule has 0 bridgehead atoms. The van der Waals surface area contributed by atoms with Crippen molar-refractivity contribution in [1.29, 1.82) is 0 Å². The molecule has 2 aromatic carbocycles. The lowest BCUT2D eigenvalue weighted by atomic mass is 10.1. The van der Waals surface area contributed by atoms with Crippen molar-refractivity contribution in [1.82, 2.24) is 0 Å². The van der Waals surface area contributed by atoms with Gasteiger partial charge in [0.2, 0.25) is 0 Å². The monoisotopic (exact) mass is 396 g/mol. The highest BCUT2D eigenvalue weighted by atomic mass is 16.5. The highest BCUT2D eigenvalue weighted by Crippen LogP contribution is 2.23. The number of benzene rings is 2. The van der Waals surface area contributed by atoms with Crippen LogP contribution in [0.25, 0.3) is 0 Å². The fourth-order valence-electron chi connectivity index (χ4n) is 3.36. The lowest BCUT2D eigenvalue weighted by molar-refractivity contribution is 0.0729. The number of unbranched alkanes of at least 4 members (excludes halogenated alkanes) is 9. The van der Waals surface area contributed by atoms with Gasteiger partial charge in [-0.1, -0.05) is 95.0 Å². The second kappa shape index (κ2) is 13.8. The first-order valence-corrected chi connectivity index (χ1v) is 11.2. The Morgan fingerprint density at radius 2 is 1.28 bits per heavy atom. The first-order chi connectivity index (χ1) is 14.2. The number of esters is 1. The van der Waals surface area contributed by atoms with Crippen molar-refractivity contribution < 1.29 is 14.3 Å². The quantitative estimate of drug-likeness (QED) is 0.188. The third kappa shape index (κ3) is 8.72. The summed E-state index contributed by atoms with van der Waals surface area (Å²) in [4.78, 5) is 12.6. The molecule has 0 radical (unpaired) electrons. The van der Waals surface area contributed by atoms with Gasteiger partial charge in [0.15, 0.2) is 0 Å². The zero-order chi connectivity index (χ0) is 20.7. The third-order valence-corrected chi connectivity index (χ3v) is 5.16. The molecule has 3 nitrogen and oxygen atoms in total. The summed E-state index contributed by atoms with van der Waals surface area (Å²) < 4.78 is 11.5. The average Bonchev–Trinajstić information content (AvgIpc) is 2.74. The van der Waals surface area contributed by atoms with Crippen molar-refractivity contribution in [3.05, 3.63) is 59.7 Å². The molecule has 0 fully saturated rings. The molecule has 0 aliphatic carbocycles. The number of rotatable bonds is 14. The average molecular weight is 397 g/mol. The summed E-state index contributed by atoms with van der Waals surface area (Å²) in [6.07, 6.45) is 12.9. The Hall–Kier alpha value is -2.29. The minimum atomic E-state index is -0.377. The van der Waals surface area contributed by atoms with Gasteiger partial charge in [0.05, 0.1) is 6.61 Å². The van der Waals surface area contributed by atoms with Gasteiger partial charge < -0.3 is 9.47 Å². The van der Waals surface area contributed by atoms with E-state index < -0.39 is 0 Å². The van der Waals surface area contributed by atoms with Gasteiger partial charge in [-0.2, -0.15) is 0 Å². The normalized spacial score (nSPS) is 10.7. The zero-order valence-corrected chi connectivity index (χ0v) is 18.1. The molecule has 29 heavy (non-hydrogen) atoms. The summed E-state index contributed by atoms with van der Waals surface area (Å²) in [5, 5.41) is 0. The maximum Gasteiger partial charge on any atom is 0.347 e. The Balaban J connectivity index is 1.68. The van der Waals surface area contributed by atoms with E-state index in [1.165, 1.54) is 57.8 Å². The summed E-state index contributed by atoms with van der Waals surface area (Å²) in [5.41, 5.74) is 1.41. The van der Waals surface area contributed by atoms with Crippen LogP contribution in [0.15, 0.2) is 48.5 Å². The van der Waals surface area contributed by atoms with E-state index in [2.05, 4.69) is 6.92 Å². The fourth-order valence-corrected chi connectivity index (χ4v) is 3.36. The number of hydrogen-bond donors (Lipinski definition) is 0. The summed E-state index contributed by atoms with van der Waals surface area (Å²) in [5.74, 6) is 0.807. The highest BCUT2D eigenvalue weighted by molar-refractivity contribution is 5.94. The molecule has 2 rings (SSSR count). The molecule has 0 atom stereocenters. The summed E-state index contributed by atoms with van der Waals surface area (Å²) in [6.45, 7) is 4.81. The van der Waals surface area contributed by atoms with Gasteiger partial charge in [0.1, 0.15) is 17.1 Å². The van der Waals surface area contributed by atoms with Crippen molar-refractivity contribution in [2.45, 2.75) is 78.1 Å². The molecule has 0 N–H and O–H groups in total. The lowest BCUT2D eigenvalue weighted by Crippen LogP contribution is -2.12. The number of hydrogen-bond acceptors (Lipinski definition) is 3. The Morgan fingerprint density at radius 3 is 1.93 bits per heavy atom. The Morgan fingerprint density at radius 1 is 0.724 bits per heavy atom. The molecule has 2 aromatic rings. The Kier molecular flexibility index (Phi) is 11.0. The van der Waals surface area contributed by atoms with Crippen LogP contribution in [0.4, 0.5) is 0 Å². The second-order valence-corrected chi connectivity index (χ2v) is 7.68. The van der Waals surface area contributed by atoms with Crippen LogP contribution in [-0.4, -0.2) is 12.6 Å². The van der Waals surface area contributed by atoms with Gasteiger partial charge in [-0.3, -0.25) is 0 Å². The number of carbonyl (C=O) groups is 1. The van der Waals surface area contributed by atoms with Crippen LogP contribution in [0, 0.1) is 6.92 Å². The van der Waals surface area contributed by atoms with Crippen LogP contribution in [0.2, 0.25) is 0 Å². The molecule has 0 saturated carbocycles. The summed E-state index contributed by atoms with van der Waals surface area (Å²) >= 11 is 0. The molecule has 0 aliphatic rings. The van der Waals surface area contributed by atoms with E-state index in [0.29, 0.717) is 23.7 Å². The number of carbonyl (C=O) groups excluding carboxylic acids is 1. The third-order valence-electron chi connectivity index (χ3n) is 5.16. The molecule has 0 amide bonds. The highest BCUT2D eigenvalue weighted by Gasteiger charge is 2.15. The molecule has 0 spiro atoms. The smallest absolute Gasteiger partial charge is 0.347 e. The van der Waals surface area contributed by atoms with Gasteiger partial charge in [-0.25, -0.2) is 4.79 Å². The number of ether oxygens (including phenoxy) is 2. The van der Waals surface area contributed by atoms with E-state index in [1.54, 1.807) is 12.1 Å². The van der Waals surface area contributed by atoms with Crippen molar-refractivity contribution in [3.63, 3.8) is 0 Å². The van der Waals surface area contributed by atoms with E-state index in [1.807, 2.05) is 43.3 Å². The molecule has 158 valence electrons. The van der Waals surface area contributed by atoms with E-state index in [-0.39, 0.29) is 5.97 Å². The Labute approximate surface area is 176 Å². The van der Waals surface area contributed by atoms with Crippen LogP contribution >= 0.6 is 0 Å². The number of para-hydroxylation sites is 2. The van der Waals surface area contributed by atoms with E-state index in [0.717, 1.165) is 12.0 Å². The Bertz CT molecular complexity index is 723. The van der Waals surface area contributed by atoms with Crippen LogP contribution < -0.4 is 9.47 Å². The largest absolute Gasteiger partial charge is 0.493 e. The maximum atomic E-state index is 12.6. The lowest BCUT2D eigenvalue weighted by Gasteiger charge is -2.12. The molecule has 0 aromatic heterocycles. The zero-order valence-electron chi connectivity index (χ0n) is 18.1. The molecule has 0 aliphatic heterocycles. The van der Waals surface area contributed by atoms with Crippen molar-refractivity contribution in [2.24, 2.45) is 0 Å². The first kappa shape index (κ1) is 23.0. The van der Waals surface area contributed by atoms with Gasteiger partial charge in [-0.05, 0) is 37.1 Å². The van der Waals surface area contributed by atoms with Crippen LogP contribution in [-0.2, 0) is 0 Å². The van der Waals surface area contributed by atoms with Crippen LogP contribution in [0.3, 0.4) is 0 Å². The summed E-state index contributed by atoms with van der Waals surface area (Å²) in [6, 6.07) is 14.8.